The Labute approximate surface area is 144 Å². The maximum Gasteiger partial charge on any atom is 0.352 e. The van der Waals surface area contributed by atoms with Crippen LogP contribution in [-0.2, 0) is 9.59 Å². The average Bonchev–Trinajstić information content (AvgIpc) is 2.89. The summed E-state index contributed by atoms with van der Waals surface area (Å²) in [7, 11) is 1.74. The van der Waals surface area contributed by atoms with E-state index in [0.29, 0.717) is 17.0 Å². The van der Waals surface area contributed by atoms with Crippen molar-refractivity contribution in [3.8, 4) is 0 Å². The fraction of sp³-hybridized carbons (Fsp3) is 0.353. The molecule has 0 aliphatic carbocycles. The third-order valence-corrected chi connectivity index (χ3v) is 5.09. The number of β-lactam (4-membered cyclic amide) rings is 1. The lowest BCUT2D eigenvalue weighted by molar-refractivity contribution is -0.161. The molecular weight excluding hydrogens is 328 g/mol. The van der Waals surface area contributed by atoms with E-state index in [9.17, 15) is 19.8 Å². The van der Waals surface area contributed by atoms with Gasteiger partial charge in [0.05, 0.1) is 18.1 Å². The van der Waals surface area contributed by atoms with Crippen LogP contribution in [0.4, 0.5) is 0 Å². The van der Waals surface area contributed by atoms with Crippen molar-refractivity contribution in [1.82, 2.24) is 10.2 Å². The zero-order chi connectivity index (χ0) is 17.6. The number of carbonyl (C=O) groups is 2. The number of amides is 1. The molecule has 2 aliphatic heterocycles. The first-order valence-electron chi connectivity index (χ1n) is 7.67. The lowest BCUT2D eigenvalue weighted by Gasteiger charge is -2.44. The van der Waals surface area contributed by atoms with Crippen molar-refractivity contribution in [1.29, 1.82) is 0 Å². The summed E-state index contributed by atoms with van der Waals surface area (Å²) < 4.78 is 0. The van der Waals surface area contributed by atoms with Gasteiger partial charge < -0.3 is 20.4 Å². The molecule has 1 amide bonds. The number of aliphatic hydroxyl groups excluding tert-OH is 1. The zero-order valence-corrected chi connectivity index (χ0v) is 14.1. The highest BCUT2D eigenvalue weighted by atomic mass is 32.1. The van der Waals surface area contributed by atoms with Crippen LogP contribution in [0.2, 0.25) is 0 Å². The number of nitrogens with zero attached hydrogens (tertiary/aromatic N) is 1. The Kier molecular flexibility index (Phi) is 4.15. The van der Waals surface area contributed by atoms with Gasteiger partial charge in [0, 0.05) is 12.6 Å². The number of rotatable bonds is 4. The number of carboxylic acid groups (broad SMARTS) is 1. The van der Waals surface area contributed by atoms with E-state index in [1.165, 1.54) is 4.90 Å². The van der Waals surface area contributed by atoms with Gasteiger partial charge in [-0.2, -0.15) is 0 Å². The first-order valence-corrected chi connectivity index (χ1v) is 8.07. The Morgan fingerprint density at radius 3 is 2.50 bits per heavy atom. The van der Waals surface area contributed by atoms with Crippen LogP contribution in [-0.4, -0.2) is 51.2 Å². The van der Waals surface area contributed by atoms with Gasteiger partial charge in [0.25, 0.3) is 0 Å². The number of thiocarbonyl (C=S) groups is 1. The number of carboxylic acids is 1. The molecule has 0 aromatic heterocycles. The molecule has 1 saturated heterocycles. The van der Waals surface area contributed by atoms with E-state index < -0.39 is 18.0 Å². The second-order valence-corrected chi connectivity index (χ2v) is 6.44. The first kappa shape index (κ1) is 16.6. The summed E-state index contributed by atoms with van der Waals surface area (Å²) in [5, 5.41) is 22.2. The van der Waals surface area contributed by atoms with Gasteiger partial charge in [0.2, 0.25) is 5.91 Å². The Morgan fingerprint density at radius 1 is 1.38 bits per heavy atom. The van der Waals surface area contributed by atoms with Crippen molar-refractivity contribution in [2.45, 2.75) is 25.5 Å². The van der Waals surface area contributed by atoms with Crippen molar-refractivity contribution in [2.75, 3.05) is 7.05 Å². The molecule has 3 rings (SSSR count). The maximum atomic E-state index is 12.2. The molecule has 24 heavy (non-hydrogen) atoms. The molecule has 0 spiro atoms. The number of carbonyl (C=O) groups excluding carboxylic acids is 1. The zero-order valence-electron chi connectivity index (χ0n) is 13.3. The lowest BCUT2D eigenvalue weighted by atomic mass is 9.82. The Bertz CT molecular complexity index is 754. The van der Waals surface area contributed by atoms with Crippen LogP contribution >= 0.6 is 12.2 Å². The summed E-state index contributed by atoms with van der Waals surface area (Å²) in [4.78, 5) is 25.8. The maximum absolute atomic E-state index is 12.2. The van der Waals surface area contributed by atoms with E-state index in [0.717, 1.165) is 11.1 Å². The van der Waals surface area contributed by atoms with Crippen molar-refractivity contribution in [3.05, 3.63) is 41.1 Å². The summed E-state index contributed by atoms with van der Waals surface area (Å²) in [6.45, 7) is 1.56. The minimum Gasteiger partial charge on any atom is -0.477 e. The molecule has 7 heteroatoms. The Hall–Kier alpha value is -2.25. The number of hydrogen-bond acceptors (Lipinski definition) is 4. The largest absolute Gasteiger partial charge is 0.477 e. The van der Waals surface area contributed by atoms with Crippen LogP contribution in [0.1, 0.15) is 24.5 Å². The van der Waals surface area contributed by atoms with Crippen LogP contribution in [0.5, 0.6) is 0 Å². The van der Waals surface area contributed by atoms with Crippen molar-refractivity contribution >= 4 is 34.7 Å². The molecule has 6 nitrogen and oxygen atoms in total. The molecule has 0 bridgehead atoms. The highest BCUT2D eigenvalue weighted by molar-refractivity contribution is 7.80. The number of benzene rings is 1. The van der Waals surface area contributed by atoms with Gasteiger partial charge in [-0.1, -0.05) is 36.5 Å². The molecule has 0 saturated carbocycles. The smallest absolute Gasteiger partial charge is 0.352 e. The average molecular weight is 346 g/mol. The summed E-state index contributed by atoms with van der Waals surface area (Å²) >= 11 is 5.17. The first-order chi connectivity index (χ1) is 11.4. The molecule has 2 heterocycles. The standard InChI is InChI=1S/C17H18N2O4S/c1-8(20)13-12-7-11(14(17(22)23)19(12)16(13)21)9-3-5-10(6-4-9)15(24)18-2/h3-6,8,12-13,20H,7H2,1-2H3,(H,18,24)(H,22,23). The minimum atomic E-state index is -1.13. The Morgan fingerprint density at radius 2 is 2.00 bits per heavy atom. The molecular formula is C17H18N2O4S. The number of aliphatic carboxylic acids is 1. The summed E-state index contributed by atoms with van der Waals surface area (Å²) in [6.07, 6.45) is -0.359. The van der Waals surface area contributed by atoms with Gasteiger partial charge in [-0.3, -0.25) is 4.79 Å². The highest BCUT2D eigenvalue weighted by Crippen LogP contribution is 2.46. The normalized spacial score (nSPS) is 23.6. The topological polar surface area (TPSA) is 89.9 Å². The fourth-order valence-electron chi connectivity index (χ4n) is 3.49. The van der Waals surface area contributed by atoms with E-state index in [-0.39, 0.29) is 17.6 Å². The van der Waals surface area contributed by atoms with E-state index in [1.54, 1.807) is 14.0 Å². The number of hydrogen-bond donors (Lipinski definition) is 3. The van der Waals surface area contributed by atoms with Gasteiger partial charge in [-0.25, -0.2) is 4.79 Å². The third-order valence-electron chi connectivity index (χ3n) is 4.65. The van der Waals surface area contributed by atoms with Gasteiger partial charge in [-0.05, 0) is 24.5 Å². The molecule has 1 fully saturated rings. The molecule has 3 atom stereocenters. The molecule has 2 aliphatic rings. The predicted molar refractivity (Wildman–Crippen MR) is 92.2 cm³/mol. The lowest BCUT2D eigenvalue weighted by Crippen LogP contribution is -2.61. The van der Waals surface area contributed by atoms with Crippen LogP contribution in [0.15, 0.2) is 30.0 Å². The van der Waals surface area contributed by atoms with Gasteiger partial charge >= 0.3 is 5.97 Å². The molecule has 126 valence electrons. The summed E-state index contributed by atoms with van der Waals surface area (Å²) in [5.41, 5.74) is 2.23. The Balaban J connectivity index is 1.97. The van der Waals surface area contributed by atoms with Gasteiger partial charge in [0.15, 0.2) is 0 Å². The van der Waals surface area contributed by atoms with Crippen LogP contribution in [0, 0.1) is 5.92 Å². The SMILES string of the molecule is CNC(=S)c1ccc(C2=C(C(=O)O)N3C(=O)C(C(C)O)C3C2)cc1. The number of fused-ring (bicyclic) bond motifs is 1. The minimum absolute atomic E-state index is 0.0193. The summed E-state index contributed by atoms with van der Waals surface area (Å²) in [5.74, 6) is -1.98. The van der Waals surface area contributed by atoms with Crippen LogP contribution < -0.4 is 5.32 Å². The summed E-state index contributed by atoms with van der Waals surface area (Å²) in [6, 6.07) is 6.99. The molecule has 1 aromatic rings. The second kappa shape index (κ2) is 5.99. The van der Waals surface area contributed by atoms with Crippen molar-refractivity contribution in [3.63, 3.8) is 0 Å². The molecule has 3 unspecified atom stereocenters. The van der Waals surface area contributed by atoms with E-state index in [1.807, 2.05) is 24.3 Å². The molecule has 1 aromatic carbocycles. The number of nitrogens with one attached hydrogen (secondary N) is 1. The van der Waals surface area contributed by atoms with E-state index in [2.05, 4.69) is 5.32 Å². The van der Waals surface area contributed by atoms with Crippen molar-refractivity contribution < 1.29 is 19.8 Å². The monoisotopic (exact) mass is 346 g/mol. The quantitative estimate of drug-likeness (QED) is 0.556. The van der Waals surface area contributed by atoms with Gasteiger partial charge in [-0.15, -0.1) is 0 Å². The van der Waals surface area contributed by atoms with Crippen LogP contribution in [0.3, 0.4) is 0 Å². The van der Waals surface area contributed by atoms with Gasteiger partial charge in [0.1, 0.15) is 10.7 Å². The molecule has 0 radical (unpaired) electrons. The predicted octanol–water partition coefficient (Wildman–Crippen LogP) is 0.989. The van der Waals surface area contributed by atoms with E-state index in [4.69, 9.17) is 12.2 Å². The molecule has 3 N–H and O–H groups in total. The third kappa shape index (κ3) is 2.40. The van der Waals surface area contributed by atoms with Crippen molar-refractivity contribution in [2.24, 2.45) is 5.92 Å². The fourth-order valence-corrected chi connectivity index (χ4v) is 3.63. The number of aliphatic hydroxyl groups is 1. The second-order valence-electron chi connectivity index (χ2n) is 6.03. The van der Waals surface area contributed by atoms with Crippen LogP contribution in [0.25, 0.3) is 5.57 Å². The highest BCUT2D eigenvalue weighted by Gasteiger charge is 2.56. The van der Waals surface area contributed by atoms with E-state index >= 15 is 0 Å².